The number of halogens is 2. The number of carbonyl (C=O) groups excluding carboxylic acids is 1. The van der Waals surface area contributed by atoms with Gasteiger partial charge in [0.1, 0.15) is 5.56 Å². The number of nitriles is 1. The van der Waals surface area contributed by atoms with E-state index in [2.05, 4.69) is 6.07 Å². The number of hydrogen-bond donors (Lipinski definition) is 0. The molecule has 0 heterocycles. The van der Waals surface area contributed by atoms with Crippen LogP contribution in [-0.4, -0.2) is 21.4 Å². The molecule has 7 heteroatoms. The first-order valence-electron chi connectivity index (χ1n) is 5.89. The molecule has 0 spiro atoms. The minimum Gasteiger partial charge on any atom is -0.515 e. The van der Waals surface area contributed by atoms with Crippen LogP contribution < -0.4 is 4.74 Å². The molecular formula is C13H15Cl2NO3Si. The minimum absolute atomic E-state index is 0.0902. The van der Waals surface area contributed by atoms with Gasteiger partial charge in [0.2, 0.25) is 0 Å². The molecule has 0 aliphatic heterocycles. The zero-order valence-electron chi connectivity index (χ0n) is 11.7. The summed E-state index contributed by atoms with van der Waals surface area (Å²) in [6, 6.07) is 5.16. The summed E-state index contributed by atoms with van der Waals surface area (Å²) < 4.78 is 10.6. The van der Waals surface area contributed by atoms with Gasteiger partial charge in [-0.2, -0.15) is 5.26 Å². The zero-order valence-corrected chi connectivity index (χ0v) is 14.2. The fourth-order valence-corrected chi connectivity index (χ4v) is 2.98. The molecule has 0 radical (unpaired) electrons. The first-order chi connectivity index (χ1) is 9.24. The number of ether oxygens (including phenoxy) is 1. The van der Waals surface area contributed by atoms with Gasteiger partial charge in [0, 0.05) is 0 Å². The minimum atomic E-state index is -2.50. The van der Waals surface area contributed by atoms with Crippen LogP contribution in [0, 0.1) is 11.3 Å². The Kier molecular flexibility index (Phi) is 5.46. The van der Waals surface area contributed by atoms with Crippen molar-refractivity contribution < 1.29 is 14.0 Å². The van der Waals surface area contributed by atoms with Crippen molar-refractivity contribution in [3.8, 4) is 11.8 Å². The first kappa shape index (κ1) is 16.8. The van der Waals surface area contributed by atoms with Gasteiger partial charge in [0.05, 0.1) is 28.8 Å². The number of nitrogens with zero attached hydrogens (tertiary/aromatic N) is 1. The Morgan fingerprint density at radius 2 is 1.90 bits per heavy atom. The van der Waals surface area contributed by atoms with Crippen LogP contribution in [0.5, 0.6) is 5.75 Å². The topological polar surface area (TPSA) is 59.3 Å². The molecule has 0 aromatic heterocycles. The highest BCUT2D eigenvalue weighted by molar-refractivity contribution is 6.74. The van der Waals surface area contributed by atoms with Gasteiger partial charge in [-0.05, 0) is 32.2 Å². The molecule has 0 saturated heterocycles. The molecule has 0 saturated carbocycles. The van der Waals surface area contributed by atoms with E-state index in [0.29, 0.717) is 0 Å². The molecule has 1 aromatic rings. The predicted octanol–water partition coefficient (Wildman–Crippen LogP) is 4.28. The maximum atomic E-state index is 12.3. The van der Waals surface area contributed by atoms with Gasteiger partial charge >= 0.3 is 5.97 Å². The molecule has 1 atom stereocenters. The maximum absolute atomic E-state index is 12.3. The van der Waals surface area contributed by atoms with E-state index in [9.17, 15) is 4.79 Å². The second-order valence-electron chi connectivity index (χ2n) is 4.78. The van der Waals surface area contributed by atoms with Gasteiger partial charge in [-0.25, -0.2) is 4.79 Å². The molecule has 108 valence electrons. The predicted molar refractivity (Wildman–Crippen MR) is 80.9 cm³/mol. The Hall–Kier alpha value is -1.22. The first-order valence-corrected chi connectivity index (χ1v) is 9.63. The quantitative estimate of drug-likeness (QED) is 0.772. The van der Waals surface area contributed by atoms with Gasteiger partial charge in [-0.1, -0.05) is 23.2 Å². The highest BCUT2D eigenvalue weighted by Crippen LogP contribution is 2.35. The Bertz CT molecular complexity index is 569. The van der Waals surface area contributed by atoms with E-state index < -0.39 is 14.3 Å². The molecule has 20 heavy (non-hydrogen) atoms. The lowest BCUT2D eigenvalue weighted by Gasteiger charge is -2.25. The van der Waals surface area contributed by atoms with Crippen molar-refractivity contribution >= 4 is 37.5 Å². The molecule has 0 amide bonds. The van der Waals surface area contributed by atoms with Crippen LogP contribution in [0.3, 0.4) is 0 Å². The van der Waals surface area contributed by atoms with Crippen molar-refractivity contribution in [1.29, 1.82) is 5.26 Å². The molecule has 0 aliphatic carbocycles. The summed E-state index contributed by atoms with van der Waals surface area (Å²) in [6.45, 7) is 5.32. The van der Waals surface area contributed by atoms with Crippen LogP contribution in [0.15, 0.2) is 12.1 Å². The van der Waals surface area contributed by atoms with Gasteiger partial charge in [-0.3, -0.25) is 0 Å². The summed E-state index contributed by atoms with van der Waals surface area (Å²) in [6.07, 6.45) is 0. The van der Waals surface area contributed by atoms with E-state index in [4.69, 9.17) is 37.6 Å². The van der Waals surface area contributed by atoms with Crippen molar-refractivity contribution in [1.82, 2.24) is 0 Å². The molecule has 4 nitrogen and oxygen atoms in total. The van der Waals surface area contributed by atoms with E-state index in [1.54, 1.807) is 26.1 Å². The molecule has 0 N–H and O–H groups in total. The van der Waals surface area contributed by atoms with Crippen LogP contribution in [0.2, 0.25) is 28.7 Å². The summed E-state index contributed by atoms with van der Waals surface area (Å²) in [5, 5.41) is 9.45. The fourth-order valence-electron chi connectivity index (χ4n) is 1.46. The van der Waals surface area contributed by atoms with E-state index in [1.807, 2.05) is 0 Å². The maximum Gasteiger partial charge on any atom is 0.330 e. The number of methoxy groups -OCH3 is 1. The van der Waals surface area contributed by atoms with Crippen LogP contribution in [0.4, 0.5) is 0 Å². The van der Waals surface area contributed by atoms with E-state index in [0.717, 1.165) is 0 Å². The Labute approximate surface area is 129 Å². The second-order valence-corrected chi connectivity index (χ2v) is 9.87. The lowest BCUT2D eigenvalue weighted by atomic mass is 10.2. The Morgan fingerprint density at radius 1 is 1.35 bits per heavy atom. The van der Waals surface area contributed by atoms with Crippen LogP contribution in [0.1, 0.15) is 17.3 Å². The van der Waals surface area contributed by atoms with E-state index >= 15 is 0 Å². The van der Waals surface area contributed by atoms with Gasteiger partial charge in [-0.15, -0.1) is 0 Å². The van der Waals surface area contributed by atoms with Crippen LogP contribution in [0.25, 0.3) is 0 Å². The summed E-state index contributed by atoms with van der Waals surface area (Å²) in [7, 11) is -1.10. The summed E-state index contributed by atoms with van der Waals surface area (Å²) in [4.78, 5) is 12.3. The Morgan fingerprint density at radius 3 is 2.40 bits per heavy atom. The number of rotatable bonds is 4. The van der Waals surface area contributed by atoms with Gasteiger partial charge in [0.15, 0.2) is 5.75 Å². The highest BCUT2D eigenvalue weighted by atomic mass is 35.5. The average Bonchev–Trinajstić information content (AvgIpc) is 2.39. The highest BCUT2D eigenvalue weighted by Gasteiger charge is 2.36. The van der Waals surface area contributed by atoms with Crippen molar-refractivity contribution in [2.24, 2.45) is 0 Å². The molecule has 0 fully saturated rings. The number of carbonyl (C=O) groups is 1. The van der Waals surface area contributed by atoms with Crippen molar-refractivity contribution in [2.45, 2.75) is 25.6 Å². The van der Waals surface area contributed by atoms with Gasteiger partial charge in [0.25, 0.3) is 8.32 Å². The zero-order chi connectivity index (χ0) is 15.5. The van der Waals surface area contributed by atoms with Crippen molar-refractivity contribution in [3.63, 3.8) is 0 Å². The summed E-state index contributed by atoms with van der Waals surface area (Å²) in [5.74, 6) is -0.438. The third kappa shape index (κ3) is 3.45. The molecule has 1 aromatic carbocycles. The molecule has 0 bridgehead atoms. The van der Waals surface area contributed by atoms with Gasteiger partial charge < -0.3 is 9.16 Å². The monoisotopic (exact) mass is 331 g/mol. The van der Waals surface area contributed by atoms with Crippen molar-refractivity contribution in [3.05, 3.63) is 27.7 Å². The van der Waals surface area contributed by atoms with Crippen LogP contribution >= 0.6 is 23.2 Å². The number of benzene rings is 1. The number of hydrogen-bond acceptors (Lipinski definition) is 4. The lowest BCUT2D eigenvalue weighted by molar-refractivity contribution is 0.0717. The smallest absolute Gasteiger partial charge is 0.330 e. The molecule has 1 unspecified atom stereocenters. The molecule has 1 rings (SSSR count). The van der Waals surface area contributed by atoms with E-state index in [-0.39, 0.29) is 26.9 Å². The summed E-state index contributed by atoms with van der Waals surface area (Å²) >= 11 is 12.0. The summed E-state index contributed by atoms with van der Waals surface area (Å²) in [5.41, 5.74) is -0.247. The normalized spacial score (nSPS) is 12.4. The molecule has 0 aliphatic rings. The molecular weight excluding hydrogens is 317 g/mol. The standard InChI is InChI=1S/C13H15Cl2NO3Si/c1-8(7-16)20(3,4)19-13(17)11-9(14)5-6-10(15)12(11)18-2/h5-6,8H,1-4H3. The third-order valence-electron chi connectivity index (χ3n) is 3.06. The second kappa shape index (κ2) is 6.49. The largest absolute Gasteiger partial charge is 0.515 e. The SMILES string of the molecule is COc1c(Cl)ccc(Cl)c1C(=O)O[Si](C)(C)C(C)C#N. The van der Waals surface area contributed by atoms with Crippen LogP contribution in [-0.2, 0) is 4.43 Å². The lowest BCUT2D eigenvalue weighted by Crippen LogP contribution is -2.37. The van der Waals surface area contributed by atoms with Crippen molar-refractivity contribution in [2.75, 3.05) is 7.11 Å². The third-order valence-corrected chi connectivity index (χ3v) is 6.60. The average molecular weight is 332 g/mol. The fraction of sp³-hybridized carbons (Fsp3) is 0.385. The Balaban J connectivity index is 3.17. The van der Waals surface area contributed by atoms with E-state index in [1.165, 1.54) is 13.2 Å².